The number of ether oxygens (including phenoxy) is 2. The molecule has 1 saturated heterocycles. The highest BCUT2D eigenvalue weighted by atomic mass is 31.2. The highest BCUT2D eigenvalue weighted by Gasteiger charge is 2.55. The molecule has 0 spiro atoms. The van der Waals surface area contributed by atoms with Gasteiger partial charge in [-0.05, 0) is 25.8 Å². The van der Waals surface area contributed by atoms with Gasteiger partial charge in [0.05, 0.1) is 19.4 Å². The Morgan fingerprint density at radius 1 is 1.33 bits per heavy atom. The van der Waals surface area contributed by atoms with Crippen molar-refractivity contribution in [1.29, 1.82) is 0 Å². The van der Waals surface area contributed by atoms with Gasteiger partial charge in [-0.1, -0.05) is 37.3 Å². The molecule has 2 heterocycles. The zero-order valence-electron chi connectivity index (χ0n) is 20.3. The number of carbonyl (C=O) groups excluding carboxylic acids is 1. The summed E-state index contributed by atoms with van der Waals surface area (Å²) in [5.41, 5.74) is -3.37. The molecule has 1 fully saturated rings. The SMILES string of the molecule is CCCOC(=O)[C@H](C)NP(=O)(Cc1ccccc1)OC[C@H]1O[C@@H](n2ccc(=O)[nH]c2=O)[C@](C)(F)[C@@H]1O. The minimum Gasteiger partial charge on any atom is -0.465 e. The van der Waals surface area contributed by atoms with Crippen LogP contribution in [0.4, 0.5) is 4.39 Å². The van der Waals surface area contributed by atoms with Gasteiger partial charge in [0.1, 0.15) is 18.2 Å². The van der Waals surface area contributed by atoms with Crippen molar-refractivity contribution < 1.29 is 32.9 Å². The Morgan fingerprint density at radius 2 is 2.03 bits per heavy atom. The second-order valence-electron chi connectivity index (χ2n) is 8.77. The molecule has 2 aromatic rings. The number of aliphatic hydroxyl groups is 1. The Hall–Kier alpha value is -2.63. The number of hydrogen-bond donors (Lipinski definition) is 3. The van der Waals surface area contributed by atoms with Crippen molar-refractivity contribution in [2.24, 2.45) is 0 Å². The van der Waals surface area contributed by atoms with E-state index in [-0.39, 0.29) is 12.8 Å². The number of benzene rings is 1. The predicted octanol–water partition coefficient (Wildman–Crippen LogP) is 1.86. The Morgan fingerprint density at radius 3 is 2.67 bits per heavy atom. The first-order valence-electron chi connectivity index (χ1n) is 11.5. The van der Waals surface area contributed by atoms with Crippen LogP contribution in [0.5, 0.6) is 0 Å². The molecule has 3 rings (SSSR count). The van der Waals surface area contributed by atoms with Gasteiger partial charge >= 0.3 is 11.7 Å². The lowest BCUT2D eigenvalue weighted by Gasteiger charge is -2.25. The maximum Gasteiger partial charge on any atom is 0.330 e. The number of nitrogens with one attached hydrogen (secondary N) is 2. The maximum atomic E-state index is 15.5. The van der Waals surface area contributed by atoms with Crippen LogP contribution >= 0.6 is 7.52 Å². The van der Waals surface area contributed by atoms with E-state index in [1.54, 1.807) is 30.3 Å². The fourth-order valence-corrected chi connectivity index (χ4v) is 5.82. The molecule has 1 aromatic carbocycles. The molecule has 13 heteroatoms. The molecule has 6 atom stereocenters. The number of aromatic nitrogens is 2. The van der Waals surface area contributed by atoms with Crippen LogP contribution in [0.2, 0.25) is 0 Å². The van der Waals surface area contributed by atoms with Gasteiger partial charge in [0.2, 0.25) is 0 Å². The van der Waals surface area contributed by atoms with Gasteiger partial charge in [-0.25, -0.2) is 14.3 Å². The molecule has 1 unspecified atom stereocenters. The number of halogens is 1. The monoisotopic (exact) mass is 527 g/mol. The van der Waals surface area contributed by atoms with E-state index in [2.05, 4.69) is 5.09 Å². The number of aromatic amines is 1. The summed E-state index contributed by atoms with van der Waals surface area (Å²) in [6.07, 6.45) is -3.05. The maximum absolute atomic E-state index is 15.5. The van der Waals surface area contributed by atoms with Crippen molar-refractivity contribution in [2.75, 3.05) is 13.2 Å². The van der Waals surface area contributed by atoms with Crippen molar-refractivity contribution in [3.05, 3.63) is 69.0 Å². The average Bonchev–Trinajstić information content (AvgIpc) is 3.05. The van der Waals surface area contributed by atoms with Gasteiger partial charge in [-0.2, -0.15) is 0 Å². The number of carbonyl (C=O) groups is 1. The quantitative estimate of drug-likeness (QED) is 0.294. The van der Waals surface area contributed by atoms with E-state index in [4.69, 9.17) is 14.0 Å². The molecule has 0 saturated carbocycles. The smallest absolute Gasteiger partial charge is 0.330 e. The van der Waals surface area contributed by atoms with Crippen molar-refractivity contribution in [2.45, 2.75) is 63.5 Å². The van der Waals surface area contributed by atoms with E-state index in [0.717, 1.165) is 23.8 Å². The molecular weight excluding hydrogens is 496 g/mol. The first-order valence-corrected chi connectivity index (χ1v) is 13.3. The summed E-state index contributed by atoms with van der Waals surface area (Å²) >= 11 is 0. The molecule has 198 valence electrons. The minimum absolute atomic E-state index is 0.0994. The van der Waals surface area contributed by atoms with Crippen molar-refractivity contribution in [1.82, 2.24) is 14.6 Å². The predicted molar refractivity (Wildman–Crippen MR) is 128 cm³/mol. The third kappa shape index (κ3) is 6.57. The molecule has 11 nitrogen and oxygen atoms in total. The number of aliphatic hydroxyl groups excluding tert-OH is 1. The van der Waals surface area contributed by atoms with E-state index in [1.165, 1.54) is 6.92 Å². The Labute approximate surface area is 207 Å². The average molecular weight is 527 g/mol. The van der Waals surface area contributed by atoms with Gasteiger partial charge in [0, 0.05) is 12.3 Å². The summed E-state index contributed by atoms with van der Waals surface area (Å²) in [4.78, 5) is 37.8. The number of alkyl halides is 1. The summed E-state index contributed by atoms with van der Waals surface area (Å²) in [5, 5.41) is 13.3. The molecule has 0 aliphatic carbocycles. The summed E-state index contributed by atoms with van der Waals surface area (Å²) in [6, 6.07) is 8.81. The van der Waals surface area contributed by atoms with Crippen LogP contribution < -0.4 is 16.3 Å². The lowest BCUT2D eigenvalue weighted by molar-refractivity contribution is -0.145. The van der Waals surface area contributed by atoms with Crippen molar-refractivity contribution in [3.8, 4) is 0 Å². The lowest BCUT2D eigenvalue weighted by atomic mass is 9.98. The number of H-pyrrole nitrogens is 1. The molecule has 0 amide bonds. The zero-order valence-corrected chi connectivity index (χ0v) is 21.2. The third-order valence-corrected chi connectivity index (χ3v) is 7.82. The number of nitrogens with zero attached hydrogens (tertiary/aromatic N) is 1. The van der Waals surface area contributed by atoms with Crippen LogP contribution in [0.15, 0.2) is 52.2 Å². The molecule has 1 aromatic heterocycles. The Kier molecular flexibility index (Phi) is 9.02. The molecule has 3 N–H and O–H groups in total. The molecule has 1 aliphatic rings. The molecule has 1 aliphatic heterocycles. The van der Waals surface area contributed by atoms with E-state index in [0.29, 0.717) is 12.0 Å². The van der Waals surface area contributed by atoms with Crippen molar-refractivity contribution in [3.63, 3.8) is 0 Å². The van der Waals surface area contributed by atoms with Crippen LogP contribution in [0.3, 0.4) is 0 Å². The third-order valence-electron chi connectivity index (χ3n) is 5.69. The largest absolute Gasteiger partial charge is 0.465 e. The normalized spacial score (nSPS) is 26.3. The fraction of sp³-hybridized carbons (Fsp3) is 0.522. The van der Waals surface area contributed by atoms with Crippen LogP contribution in [0, 0.1) is 0 Å². The lowest BCUT2D eigenvalue weighted by Crippen LogP contribution is -2.43. The van der Waals surface area contributed by atoms with E-state index >= 15 is 4.39 Å². The first-order chi connectivity index (χ1) is 17.0. The minimum atomic E-state index is -3.79. The molecule has 36 heavy (non-hydrogen) atoms. The zero-order chi connectivity index (χ0) is 26.5. The summed E-state index contributed by atoms with van der Waals surface area (Å²) in [7, 11) is -3.79. The van der Waals surface area contributed by atoms with E-state index < -0.39 is 61.5 Å². The van der Waals surface area contributed by atoms with Gasteiger partial charge in [0.25, 0.3) is 13.1 Å². The second kappa shape index (κ2) is 11.6. The van der Waals surface area contributed by atoms with E-state index in [9.17, 15) is 24.1 Å². The number of esters is 1. The topological polar surface area (TPSA) is 149 Å². The standard InChI is InChI=1S/C23H31FN3O8P/c1-4-12-33-20(30)15(2)26-36(32,14-16-8-6-5-7-9-16)34-13-17-19(29)23(3,24)21(35-17)27-11-10-18(28)25-22(27)31/h5-11,15,17,19,21,29H,4,12-14H2,1-3H3,(H,26,32)(H,25,28,31)/t15-,17+,19+,21+,23+,36?/m0/s1. The Bertz CT molecular complexity index is 1200. The van der Waals surface area contributed by atoms with Gasteiger partial charge in [-0.15, -0.1) is 0 Å². The summed E-state index contributed by atoms with van der Waals surface area (Å²) in [6.45, 7) is 4.07. The van der Waals surface area contributed by atoms with Gasteiger partial charge in [0.15, 0.2) is 11.9 Å². The van der Waals surface area contributed by atoms with E-state index in [1.807, 2.05) is 11.9 Å². The molecular formula is C23H31FN3O8P. The first kappa shape index (κ1) is 27.9. The van der Waals surface area contributed by atoms with Crippen molar-refractivity contribution >= 4 is 13.5 Å². The molecule has 0 radical (unpaired) electrons. The van der Waals surface area contributed by atoms with Gasteiger partial charge < -0.3 is 19.1 Å². The molecule has 0 bridgehead atoms. The second-order valence-corrected chi connectivity index (χ2v) is 11.0. The number of rotatable bonds is 11. The Balaban J connectivity index is 1.78. The fourth-order valence-electron chi connectivity index (χ4n) is 3.78. The van der Waals surface area contributed by atoms with Crippen LogP contribution in [-0.2, 0) is 29.5 Å². The summed E-state index contributed by atoms with van der Waals surface area (Å²) < 4.78 is 46.4. The highest BCUT2D eigenvalue weighted by Crippen LogP contribution is 2.48. The van der Waals surface area contributed by atoms with Gasteiger partial charge in [-0.3, -0.25) is 23.7 Å². The highest BCUT2D eigenvalue weighted by molar-refractivity contribution is 7.56. The van der Waals surface area contributed by atoms with Crippen LogP contribution in [0.25, 0.3) is 0 Å². The number of hydrogen-bond acceptors (Lipinski definition) is 8. The van der Waals surface area contributed by atoms with Crippen LogP contribution in [0.1, 0.15) is 39.0 Å². The summed E-state index contributed by atoms with van der Waals surface area (Å²) in [5.74, 6) is -0.611. The van der Waals surface area contributed by atoms with Crippen LogP contribution in [-0.4, -0.2) is 57.8 Å².